The number of hydrogen-bond donors (Lipinski definition) is 1. The predicted octanol–water partition coefficient (Wildman–Crippen LogP) is 3.60. The Kier molecular flexibility index (Phi) is 5.16. The normalized spacial score (nSPS) is 13.6. The molecule has 2 aromatic rings. The second kappa shape index (κ2) is 7.51. The van der Waals surface area contributed by atoms with Crippen LogP contribution >= 0.6 is 0 Å². The average Bonchev–Trinajstić information content (AvgIpc) is 3.17. The van der Waals surface area contributed by atoms with Crippen LogP contribution in [0.1, 0.15) is 33.6 Å². The molecular formula is C19H18F2N2O3. The van der Waals surface area contributed by atoms with E-state index in [1.807, 2.05) is 0 Å². The number of nitrogens with zero attached hydrogens (tertiary/aromatic N) is 1. The third-order valence-corrected chi connectivity index (χ3v) is 4.29. The monoisotopic (exact) mass is 360 g/mol. The Labute approximate surface area is 149 Å². The smallest absolute Gasteiger partial charge is 0.337 e. The van der Waals surface area contributed by atoms with E-state index in [2.05, 4.69) is 10.2 Å². The number of methoxy groups -OCH3 is 1. The van der Waals surface area contributed by atoms with Gasteiger partial charge in [0.2, 0.25) is 0 Å². The van der Waals surface area contributed by atoms with Crippen LogP contribution in [-0.4, -0.2) is 32.1 Å². The van der Waals surface area contributed by atoms with Crippen LogP contribution in [0.15, 0.2) is 36.4 Å². The molecule has 1 aliphatic rings. The Morgan fingerprint density at radius 1 is 1.08 bits per heavy atom. The average molecular weight is 360 g/mol. The zero-order valence-corrected chi connectivity index (χ0v) is 14.2. The van der Waals surface area contributed by atoms with E-state index in [9.17, 15) is 18.4 Å². The number of rotatable bonds is 4. The fourth-order valence-electron chi connectivity index (χ4n) is 2.98. The highest BCUT2D eigenvalue weighted by atomic mass is 19.1. The van der Waals surface area contributed by atoms with E-state index in [1.54, 1.807) is 12.1 Å². The molecule has 0 radical (unpaired) electrons. The molecule has 1 aliphatic heterocycles. The summed E-state index contributed by atoms with van der Waals surface area (Å²) < 4.78 is 32.0. The Bertz CT molecular complexity index is 849. The molecule has 5 nitrogen and oxygen atoms in total. The van der Waals surface area contributed by atoms with Crippen molar-refractivity contribution in [3.63, 3.8) is 0 Å². The van der Waals surface area contributed by atoms with E-state index >= 15 is 0 Å². The summed E-state index contributed by atoms with van der Waals surface area (Å²) in [5, 5.41) is 2.60. The largest absolute Gasteiger partial charge is 0.465 e. The lowest BCUT2D eigenvalue weighted by atomic mass is 10.1. The summed E-state index contributed by atoms with van der Waals surface area (Å²) in [7, 11) is 1.26. The number of nitrogens with one attached hydrogen (secondary N) is 1. The van der Waals surface area contributed by atoms with Gasteiger partial charge in [0.25, 0.3) is 5.91 Å². The van der Waals surface area contributed by atoms with E-state index < -0.39 is 29.1 Å². The lowest BCUT2D eigenvalue weighted by Gasteiger charge is -2.22. The Balaban J connectivity index is 1.96. The van der Waals surface area contributed by atoms with Gasteiger partial charge < -0.3 is 15.0 Å². The van der Waals surface area contributed by atoms with Crippen molar-refractivity contribution < 1.29 is 23.1 Å². The number of anilines is 2. The Morgan fingerprint density at radius 3 is 2.50 bits per heavy atom. The zero-order chi connectivity index (χ0) is 18.7. The molecule has 0 spiro atoms. The first-order valence-corrected chi connectivity index (χ1v) is 8.23. The van der Waals surface area contributed by atoms with Crippen LogP contribution in [0.4, 0.5) is 20.2 Å². The van der Waals surface area contributed by atoms with Crippen molar-refractivity contribution in [3.8, 4) is 0 Å². The van der Waals surface area contributed by atoms with Crippen molar-refractivity contribution in [1.29, 1.82) is 0 Å². The molecule has 26 heavy (non-hydrogen) atoms. The number of esters is 1. The molecular weight excluding hydrogens is 342 g/mol. The number of ether oxygens (including phenoxy) is 1. The maximum Gasteiger partial charge on any atom is 0.337 e. The maximum absolute atomic E-state index is 13.9. The van der Waals surface area contributed by atoms with Gasteiger partial charge in [0, 0.05) is 13.1 Å². The van der Waals surface area contributed by atoms with Crippen LogP contribution in [-0.2, 0) is 4.74 Å². The minimum Gasteiger partial charge on any atom is -0.465 e. The molecule has 1 heterocycles. The van der Waals surface area contributed by atoms with Gasteiger partial charge in [-0.15, -0.1) is 0 Å². The van der Waals surface area contributed by atoms with Gasteiger partial charge in [-0.3, -0.25) is 4.79 Å². The molecule has 0 bridgehead atoms. The van der Waals surface area contributed by atoms with Crippen molar-refractivity contribution in [2.75, 3.05) is 30.4 Å². The maximum atomic E-state index is 13.9. The fourth-order valence-corrected chi connectivity index (χ4v) is 2.98. The Morgan fingerprint density at radius 2 is 1.81 bits per heavy atom. The van der Waals surface area contributed by atoms with Crippen molar-refractivity contribution in [1.82, 2.24) is 0 Å². The molecule has 0 aromatic heterocycles. The molecule has 7 heteroatoms. The second-order valence-electron chi connectivity index (χ2n) is 6.00. The highest BCUT2D eigenvalue weighted by molar-refractivity contribution is 6.07. The van der Waals surface area contributed by atoms with E-state index in [-0.39, 0.29) is 5.56 Å². The number of carbonyl (C=O) groups is 2. The molecule has 0 unspecified atom stereocenters. The van der Waals surface area contributed by atoms with Crippen molar-refractivity contribution in [2.45, 2.75) is 12.8 Å². The number of carbonyl (C=O) groups excluding carboxylic acids is 2. The van der Waals surface area contributed by atoms with Gasteiger partial charge in [0.05, 0.1) is 29.6 Å². The molecule has 1 N–H and O–H groups in total. The molecule has 136 valence electrons. The highest BCUT2D eigenvalue weighted by Gasteiger charge is 2.21. The summed E-state index contributed by atoms with van der Waals surface area (Å²) in [6, 6.07) is 7.49. The van der Waals surface area contributed by atoms with E-state index in [0.29, 0.717) is 5.69 Å². The number of amides is 1. The summed E-state index contributed by atoms with van der Waals surface area (Å²) >= 11 is 0. The summed E-state index contributed by atoms with van der Waals surface area (Å²) in [6.07, 6.45) is 2.04. The lowest BCUT2D eigenvalue weighted by Crippen LogP contribution is -2.22. The molecule has 1 fully saturated rings. The van der Waals surface area contributed by atoms with Crippen molar-refractivity contribution in [3.05, 3.63) is 59.2 Å². The molecule has 0 atom stereocenters. The molecule has 0 aliphatic carbocycles. The molecule has 1 amide bonds. The van der Waals surface area contributed by atoms with Crippen molar-refractivity contribution >= 4 is 23.3 Å². The first-order chi connectivity index (χ1) is 12.5. The molecule has 0 saturated carbocycles. The van der Waals surface area contributed by atoms with E-state index in [4.69, 9.17) is 4.74 Å². The number of halogens is 2. The number of benzene rings is 2. The molecule has 1 saturated heterocycles. The van der Waals surface area contributed by atoms with Crippen LogP contribution in [0.5, 0.6) is 0 Å². The number of hydrogen-bond acceptors (Lipinski definition) is 4. The topological polar surface area (TPSA) is 58.6 Å². The fraction of sp³-hybridized carbons (Fsp3) is 0.263. The molecule has 3 rings (SSSR count). The van der Waals surface area contributed by atoms with Crippen LogP contribution in [0.2, 0.25) is 0 Å². The summed E-state index contributed by atoms with van der Waals surface area (Å²) in [6.45, 7) is 1.63. The predicted molar refractivity (Wildman–Crippen MR) is 93.5 cm³/mol. The van der Waals surface area contributed by atoms with Gasteiger partial charge in [-0.1, -0.05) is 0 Å². The van der Waals surface area contributed by atoms with Gasteiger partial charge in [-0.05, 0) is 49.2 Å². The highest BCUT2D eigenvalue weighted by Crippen LogP contribution is 2.31. The zero-order valence-electron chi connectivity index (χ0n) is 14.2. The van der Waals surface area contributed by atoms with Gasteiger partial charge in [-0.2, -0.15) is 0 Å². The SMILES string of the molecule is COC(=O)c1ccc(N2CCCC2)c(NC(=O)c2cc(F)ccc2F)c1. The van der Waals surface area contributed by atoms with Crippen LogP contribution < -0.4 is 10.2 Å². The quantitative estimate of drug-likeness (QED) is 0.847. The van der Waals surface area contributed by atoms with E-state index in [1.165, 1.54) is 13.2 Å². The van der Waals surface area contributed by atoms with Gasteiger partial charge in [-0.25, -0.2) is 13.6 Å². The minimum atomic E-state index is -0.823. The standard InChI is InChI=1S/C19H18F2N2O3/c1-26-19(25)12-4-7-17(23-8-2-3-9-23)16(10-12)22-18(24)14-11-13(20)5-6-15(14)21/h4-7,10-11H,2-3,8-9H2,1H3,(H,22,24). The second-order valence-corrected chi connectivity index (χ2v) is 6.00. The van der Waals surface area contributed by atoms with Crippen molar-refractivity contribution in [2.24, 2.45) is 0 Å². The molecule has 2 aromatic carbocycles. The van der Waals surface area contributed by atoms with Crippen LogP contribution in [0, 0.1) is 11.6 Å². The van der Waals surface area contributed by atoms with Crippen LogP contribution in [0.3, 0.4) is 0 Å². The summed E-state index contributed by atoms with van der Waals surface area (Å²) in [4.78, 5) is 26.3. The van der Waals surface area contributed by atoms with Crippen LogP contribution in [0.25, 0.3) is 0 Å². The third kappa shape index (κ3) is 3.66. The summed E-state index contributed by atoms with van der Waals surface area (Å²) in [5.41, 5.74) is 0.926. The van der Waals surface area contributed by atoms with Gasteiger partial charge >= 0.3 is 5.97 Å². The first-order valence-electron chi connectivity index (χ1n) is 8.23. The Hall–Kier alpha value is -2.96. The minimum absolute atomic E-state index is 0.255. The first kappa shape index (κ1) is 17.8. The summed E-state index contributed by atoms with van der Waals surface area (Å²) in [5.74, 6) is -2.87. The van der Waals surface area contributed by atoms with E-state index in [0.717, 1.165) is 49.8 Å². The lowest BCUT2D eigenvalue weighted by molar-refractivity contribution is 0.0600. The van der Waals surface area contributed by atoms with Gasteiger partial charge in [0.15, 0.2) is 0 Å². The van der Waals surface area contributed by atoms with Gasteiger partial charge in [0.1, 0.15) is 11.6 Å². The third-order valence-electron chi connectivity index (χ3n) is 4.29.